The second kappa shape index (κ2) is 7.98. The van der Waals surface area contributed by atoms with Gasteiger partial charge in [-0.1, -0.05) is 19.9 Å². The lowest BCUT2D eigenvalue weighted by molar-refractivity contribution is -0.142. The second-order valence-electron chi connectivity index (χ2n) is 8.74. The monoisotopic (exact) mass is 482 g/mol. The van der Waals surface area contributed by atoms with Gasteiger partial charge in [-0.25, -0.2) is 18.4 Å². The van der Waals surface area contributed by atoms with Crippen LogP contribution in [0.5, 0.6) is 0 Å². The van der Waals surface area contributed by atoms with Gasteiger partial charge in [-0.2, -0.15) is 13.2 Å². The minimum absolute atomic E-state index is 0.00267. The van der Waals surface area contributed by atoms with Crippen molar-refractivity contribution in [2.24, 2.45) is 5.92 Å². The van der Waals surface area contributed by atoms with Crippen molar-refractivity contribution >= 4 is 26.7 Å². The summed E-state index contributed by atoms with van der Waals surface area (Å²) in [7, 11) is -3.38. The summed E-state index contributed by atoms with van der Waals surface area (Å²) in [5, 5.41) is 10.6. The van der Waals surface area contributed by atoms with E-state index in [1.54, 1.807) is 23.1 Å². The molecule has 3 aromatic rings. The Hall–Kier alpha value is -2.66. The van der Waals surface area contributed by atoms with Crippen molar-refractivity contribution in [2.45, 2.75) is 50.5 Å². The summed E-state index contributed by atoms with van der Waals surface area (Å²) in [6.45, 7) is 5.93. The van der Waals surface area contributed by atoms with E-state index in [1.165, 1.54) is 6.92 Å². The molecule has 0 amide bonds. The minimum atomic E-state index is -4.73. The molecule has 1 aliphatic heterocycles. The highest BCUT2D eigenvalue weighted by Gasteiger charge is 2.39. The van der Waals surface area contributed by atoms with Gasteiger partial charge in [0.1, 0.15) is 0 Å². The average Bonchev–Trinajstić information content (AvgIpc) is 3.08. The molecule has 0 radical (unpaired) electrons. The Kier molecular flexibility index (Phi) is 5.68. The fourth-order valence-corrected chi connectivity index (χ4v) is 5.11. The molecular weight excluding hydrogens is 457 g/mol. The lowest BCUT2D eigenvalue weighted by Gasteiger charge is -2.39. The van der Waals surface area contributed by atoms with Gasteiger partial charge in [0, 0.05) is 47.7 Å². The van der Waals surface area contributed by atoms with E-state index in [-0.39, 0.29) is 28.4 Å². The zero-order valence-corrected chi connectivity index (χ0v) is 19.4. The van der Waals surface area contributed by atoms with Crippen molar-refractivity contribution < 1.29 is 26.7 Å². The molecule has 2 aromatic heterocycles. The standard InChI is InChI=1S/C22H25F3N4O3S/c1-12(2)19-18-9-14-5-6-15(33(4,31)32)10-17(14)28(18)7-8-29(19)21-26-11-16(13(3)30)20(27-21)22(23,24)25/h5-6,9-13,19,30H,7-8H2,1-4H3/t13?,19-/m0/s1. The highest BCUT2D eigenvalue weighted by Crippen LogP contribution is 2.40. The maximum atomic E-state index is 13.7. The molecule has 178 valence electrons. The van der Waals surface area contributed by atoms with E-state index in [1.807, 2.05) is 24.5 Å². The van der Waals surface area contributed by atoms with Crippen LogP contribution in [0.4, 0.5) is 19.1 Å². The van der Waals surface area contributed by atoms with Crippen LogP contribution in [0, 0.1) is 5.92 Å². The number of halogens is 3. The number of alkyl halides is 3. The maximum Gasteiger partial charge on any atom is 0.433 e. The molecule has 1 unspecified atom stereocenters. The van der Waals surface area contributed by atoms with Crippen LogP contribution in [0.2, 0.25) is 0 Å². The SMILES string of the molecule is CC(O)c1cnc(N2CCn3c(cc4ccc(S(C)(=O)=O)cc43)[C@@H]2C(C)C)nc1C(F)(F)F. The molecule has 4 rings (SSSR count). The van der Waals surface area contributed by atoms with E-state index in [4.69, 9.17) is 0 Å². The third-order valence-corrected chi connectivity index (χ3v) is 7.06. The van der Waals surface area contributed by atoms with E-state index in [2.05, 4.69) is 9.97 Å². The number of aliphatic hydroxyl groups excluding tert-OH is 1. The number of hydrogen-bond acceptors (Lipinski definition) is 6. The van der Waals surface area contributed by atoms with Gasteiger partial charge in [-0.05, 0) is 31.0 Å². The number of hydrogen-bond donors (Lipinski definition) is 1. The summed E-state index contributed by atoms with van der Waals surface area (Å²) in [4.78, 5) is 9.97. The second-order valence-corrected chi connectivity index (χ2v) is 10.8. The fourth-order valence-electron chi connectivity index (χ4n) is 4.47. The van der Waals surface area contributed by atoms with E-state index in [0.717, 1.165) is 29.0 Å². The van der Waals surface area contributed by atoms with Crippen LogP contribution >= 0.6 is 0 Å². The number of rotatable bonds is 4. The van der Waals surface area contributed by atoms with Crippen molar-refractivity contribution in [3.8, 4) is 0 Å². The summed E-state index contributed by atoms with van der Waals surface area (Å²) < 4.78 is 67.0. The van der Waals surface area contributed by atoms with Gasteiger partial charge in [0.05, 0.1) is 17.0 Å². The Bertz CT molecular complexity index is 1320. The quantitative estimate of drug-likeness (QED) is 0.602. The van der Waals surface area contributed by atoms with Crippen LogP contribution in [0.3, 0.4) is 0 Å². The molecule has 1 N–H and O–H groups in total. The Labute approximate surface area is 189 Å². The molecule has 11 heteroatoms. The van der Waals surface area contributed by atoms with Gasteiger partial charge in [0.25, 0.3) is 0 Å². The minimum Gasteiger partial charge on any atom is -0.389 e. The lowest BCUT2D eigenvalue weighted by Crippen LogP contribution is -2.41. The third kappa shape index (κ3) is 4.19. The zero-order chi connectivity index (χ0) is 24.3. The summed E-state index contributed by atoms with van der Waals surface area (Å²) in [5.41, 5.74) is 0.105. The summed E-state index contributed by atoms with van der Waals surface area (Å²) >= 11 is 0. The number of aromatic nitrogens is 3. The van der Waals surface area contributed by atoms with Crippen molar-refractivity contribution in [1.82, 2.24) is 14.5 Å². The average molecular weight is 483 g/mol. The third-order valence-electron chi connectivity index (χ3n) is 5.95. The Morgan fingerprint density at radius 3 is 2.42 bits per heavy atom. The van der Waals surface area contributed by atoms with Crippen molar-refractivity contribution in [3.05, 3.63) is 47.4 Å². The van der Waals surface area contributed by atoms with Crippen LogP contribution in [0.1, 0.15) is 49.9 Å². The van der Waals surface area contributed by atoms with E-state index in [9.17, 15) is 26.7 Å². The Morgan fingerprint density at radius 2 is 1.85 bits per heavy atom. The molecule has 0 bridgehead atoms. The van der Waals surface area contributed by atoms with Gasteiger partial charge >= 0.3 is 6.18 Å². The first kappa shape index (κ1) is 23.5. The van der Waals surface area contributed by atoms with Crippen LogP contribution in [0.25, 0.3) is 10.9 Å². The van der Waals surface area contributed by atoms with Crippen molar-refractivity contribution in [2.75, 3.05) is 17.7 Å². The molecule has 0 saturated carbocycles. The molecule has 0 spiro atoms. The first-order chi connectivity index (χ1) is 15.3. The topological polar surface area (TPSA) is 88.3 Å². The normalized spacial score (nSPS) is 18.1. The van der Waals surface area contributed by atoms with Crippen molar-refractivity contribution in [3.63, 3.8) is 0 Å². The molecule has 0 aliphatic carbocycles. The molecule has 7 nitrogen and oxygen atoms in total. The van der Waals surface area contributed by atoms with Gasteiger partial charge in [-0.3, -0.25) is 0 Å². The Balaban J connectivity index is 1.84. The molecule has 2 atom stereocenters. The van der Waals surface area contributed by atoms with Crippen LogP contribution in [-0.2, 0) is 22.6 Å². The van der Waals surface area contributed by atoms with Gasteiger partial charge in [0.15, 0.2) is 15.5 Å². The van der Waals surface area contributed by atoms with Crippen LogP contribution in [0.15, 0.2) is 35.4 Å². The molecular formula is C22H25F3N4O3S. The number of nitrogens with zero attached hydrogens (tertiary/aromatic N) is 4. The number of aliphatic hydroxyl groups is 1. The number of sulfone groups is 1. The van der Waals surface area contributed by atoms with E-state index in [0.29, 0.717) is 13.1 Å². The van der Waals surface area contributed by atoms with Crippen LogP contribution < -0.4 is 4.90 Å². The molecule has 0 saturated heterocycles. The van der Waals surface area contributed by atoms with E-state index < -0.39 is 27.8 Å². The van der Waals surface area contributed by atoms with Gasteiger partial charge < -0.3 is 14.6 Å². The van der Waals surface area contributed by atoms with Gasteiger partial charge in [0.2, 0.25) is 5.95 Å². The highest BCUT2D eigenvalue weighted by atomic mass is 32.2. The molecule has 1 aliphatic rings. The first-order valence-electron chi connectivity index (χ1n) is 10.5. The fraction of sp³-hybridized carbons (Fsp3) is 0.455. The van der Waals surface area contributed by atoms with E-state index >= 15 is 0 Å². The number of anilines is 1. The molecule has 0 fully saturated rings. The largest absolute Gasteiger partial charge is 0.433 e. The number of fused-ring (bicyclic) bond motifs is 3. The predicted octanol–water partition coefficient (Wildman–Crippen LogP) is 4.12. The highest BCUT2D eigenvalue weighted by molar-refractivity contribution is 7.90. The van der Waals surface area contributed by atoms with Crippen molar-refractivity contribution in [1.29, 1.82) is 0 Å². The van der Waals surface area contributed by atoms with Crippen LogP contribution in [-0.4, -0.2) is 40.9 Å². The number of benzene rings is 1. The smallest absolute Gasteiger partial charge is 0.389 e. The lowest BCUT2D eigenvalue weighted by atomic mass is 9.97. The summed E-state index contributed by atoms with van der Waals surface area (Å²) in [6, 6.07) is 6.55. The molecule has 33 heavy (non-hydrogen) atoms. The molecule has 1 aromatic carbocycles. The summed E-state index contributed by atoms with van der Waals surface area (Å²) in [5.74, 6) is -0.0594. The first-order valence-corrected chi connectivity index (χ1v) is 12.4. The zero-order valence-electron chi connectivity index (χ0n) is 18.6. The summed E-state index contributed by atoms with van der Waals surface area (Å²) in [6.07, 6.45) is -3.90. The molecule has 3 heterocycles. The Morgan fingerprint density at radius 1 is 1.15 bits per heavy atom. The maximum absolute atomic E-state index is 13.7. The predicted molar refractivity (Wildman–Crippen MR) is 118 cm³/mol. The van der Waals surface area contributed by atoms with Gasteiger partial charge in [-0.15, -0.1) is 0 Å².